The van der Waals surface area contributed by atoms with E-state index in [9.17, 15) is 13.2 Å². The SMILES string of the molecule is O=C(C[C@@H]1C[C@@H]2CC[C@@H]1C2)N1CCN(S(=O)(=O)c2cccs2)CC1. The van der Waals surface area contributed by atoms with E-state index in [0.29, 0.717) is 42.7 Å². The van der Waals surface area contributed by atoms with Gasteiger partial charge in [-0.15, -0.1) is 11.3 Å². The first kappa shape index (κ1) is 16.5. The van der Waals surface area contributed by atoms with Gasteiger partial charge in [0.05, 0.1) is 0 Å². The van der Waals surface area contributed by atoms with Crippen LogP contribution in [0.2, 0.25) is 0 Å². The van der Waals surface area contributed by atoms with Gasteiger partial charge >= 0.3 is 0 Å². The van der Waals surface area contributed by atoms with Crippen molar-refractivity contribution < 1.29 is 13.2 Å². The van der Waals surface area contributed by atoms with Crippen LogP contribution in [-0.2, 0) is 14.8 Å². The van der Waals surface area contributed by atoms with Crippen LogP contribution in [0.15, 0.2) is 21.7 Å². The molecule has 0 spiro atoms. The van der Waals surface area contributed by atoms with Crippen molar-refractivity contribution in [3.8, 4) is 0 Å². The Hall–Kier alpha value is -0.920. The van der Waals surface area contributed by atoms with E-state index in [1.54, 1.807) is 17.5 Å². The first-order valence-electron chi connectivity index (χ1n) is 8.85. The summed E-state index contributed by atoms with van der Waals surface area (Å²) < 4.78 is 27.0. The predicted octanol–water partition coefficient (Wildman–Crippen LogP) is 2.41. The van der Waals surface area contributed by atoms with E-state index < -0.39 is 10.0 Å². The molecule has 3 atom stereocenters. The Labute approximate surface area is 147 Å². The number of nitrogens with zero attached hydrogens (tertiary/aromatic N) is 2. The van der Waals surface area contributed by atoms with Gasteiger partial charge in [-0.3, -0.25) is 4.79 Å². The smallest absolute Gasteiger partial charge is 0.252 e. The van der Waals surface area contributed by atoms with E-state index in [1.165, 1.54) is 41.3 Å². The first-order valence-corrected chi connectivity index (χ1v) is 11.2. The van der Waals surface area contributed by atoms with Crippen LogP contribution in [0.1, 0.15) is 32.1 Å². The quantitative estimate of drug-likeness (QED) is 0.820. The molecule has 0 radical (unpaired) electrons. The fourth-order valence-corrected chi connectivity index (χ4v) is 7.26. The summed E-state index contributed by atoms with van der Waals surface area (Å²) in [6, 6.07) is 3.40. The topological polar surface area (TPSA) is 57.7 Å². The zero-order valence-electron chi connectivity index (χ0n) is 13.8. The Balaban J connectivity index is 1.32. The molecule has 5 nitrogen and oxygen atoms in total. The second-order valence-electron chi connectivity index (χ2n) is 7.36. The van der Waals surface area contributed by atoms with Crippen molar-refractivity contribution in [2.75, 3.05) is 26.2 Å². The van der Waals surface area contributed by atoms with Crippen molar-refractivity contribution in [3.63, 3.8) is 0 Å². The molecule has 0 aromatic carbocycles. The maximum atomic E-state index is 12.6. The molecule has 1 aromatic rings. The summed E-state index contributed by atoms with van der Waals surface area (Å²) >= 11 is 1.25. The zero-order chi connectivity index (χ0) is 16.7. The van der Waals surface area contributed by atoms with E-state index in [1.807, 2.05) is 4.90 Å². The molecule has 1 aliphatic heterocycles. The van der Waals surface area contributed by atoms with Gasteiger partial charge in [-0.2, -0.15) is 4.31 Å². The molecule has 24 heavy (non-hydrogen) atoms. The Morgan fingerprint density at radius 1 is 1.17 bits per heavy atom. The lowest BCUT2D eigenvalue weighted by atomic mass is 9.86. The van der Waals surface area contributed by atoms with Crippen molar-refractivity contribution >= 4 is 27.3 Å². The van der Waals surface area contributed by atoms with Gasteiger partial charge in [0.1, 0.15) is 4.21 Å². The van der Waals surface area contributed by atoms with Gasteiger partial charge in [0, 0.05) is 32.6 Å². The number of thiophene rings is 1. The third-order valence-electron chi connectivity index (χ3n) is 6.00. The van der Waals surface area contributed by atoms with E-state index >= 15 is 0 Å². The predicted molar refractivity (Wildman–Crippen MR) is 93.2 cm³/mol. The summed E-state index contributed by atoms with van der Waals surface area (Å²) in [6.45, 7) is 1.85. The largest absolute Gasteiger partial charge is 0.340 e. The van der Waals surface area contributed by atoms with Crippen LogP contribution in [0, 0.1) is 17.8 Å². The van der Waals surface area contributed by atoms with E-state index in [-0.39, 0.29) is 5.91 Å². The zero-order valence-corrected chi connectivity index (χ0v) is 15.4. The standard InChI is InChI=1S/C17H24N2O3S2/c20-16(12-15-11-13-3-4-14(15)10-13)18-5-7-19(8-6-18)24(21,22)17-2-1-9-23-17/h1-2,9,13-15H,3-8,10-12H2/t13-,14-,15+/m1/s1. The number of hydrogen-bond donors (Lipinski definition) is 0. The molecular weight excluding hydrogens is 344 g/mol. The van der Waals surface area contributed by atoms with Crippen LogP contribution in [0.3, 0.4) is 0 Å². The number of hydrogen-bond acceptors (Lipinski definition) is 4. The lowest BCUT2D eigenvalue weighted by molar-refractivity contribution is -0.133. The Bertz CT molecular complexity index is 693. The average molecular weight is 369 g/mol. The highest BCUT2D eigenvalue weighted by atomic mass is 32.2. The van der Waals surface area contributed by atoms with Gasteiger partial charge in [-0.05, 0) is 48.5 Å². The third kappa shape index (κ3) is 3.02. The van der Waals surface area contributed by atoms with Gasteiger partial charge in [0.25, 0.3) is 10.0 Å². The Kier molecular flexibility index (Phi) is 4.43. The molecular formula is C17H24N2O3S2. The first-order chi connectivity index (χ1) is 11.5. The normalized spacial score (nSPS) is 30.8. The number of amides is 1. The molecule has 2 saturated carbocycles. The van der Waals surface area contributed by atoms with Gasteiger partial charge in [-0.1, -0.05) is 12.5 Å². The highest BCUT2D eigenvalue weighted by Crippen LogP contribution is 2.49. The highest BCUT2D eigenvalue weighted by Gasteiger charge is 2.41. The Morgan fingerprint density at radius 3 is 2.54 bits per heavy atom. The van der Waals surface area contributed by atoms with Crippen molar-refractivity contribution in [2.24, 2.45) is 17.8 Å². The van der Waals surface area contributed by atoms with E-state index in [0.717, 1.165) is 11.8 Å². The van der Waals surface area contributed by atoms with Crippen LogP contribution >= 0.6 is 11.3 Å². The van der Waals surface area contributed by atoms with Gasteiger partial charge in [0.15, 0.2) is 0 Å². The summed E-state index contributed by atoms with van der Waals surface area (Å²) in [4.78, 5) is 14.4. The monoisotopic (exact) mass is 368 g/mol. The van der Waals surface area contributed by atoms with Crippen LogP contribution in [-0.4, -0.2) is 49.7 Å². The number of piperazine rings is 1. The minimum atomic E-state index is -3.38. The molecule has 2 bridgehead atoms. The Morgan fingerprint density at radius 2 is 1.96 bits per heavy atom. The minimum Gasteiger partial charge on any atom is -0.340 e. The minimum absolute atomic E-state index is 0.223. The molecule has 1 saturated heterocycles. The lowest BCUT2D eigenvalue weighted by Crippen LogP contribution is -2.50. The number of carbonyl (C=O) groups excluding carboxylic acids is 1. The van der Waals surface area contributed by atoms with Gasteiger partial charge < -0.3 is 4.90 Å². The molecule has 3 aliphatic rings. The molecule has 0 N–H and O–H groups in total. The molecule has 3 fully saturated rings. The van der Waals surface area contributed by atoms with Gasteiger partial charge in [-0.25, -0.2) is 8.42 Å². The second-order valence-corrected chi connectivity index (χ2v) is 10.5. The summed E-state index contributed by atoms with van der Waals surface area (Å²) in [7, 11) is -3.38. The lowest BCUT2D eigenvalue weighted by Gasteiger charge is -2.34. The molecule has 7 heteroatoms. The summed E-state index contributed by atoms with van der Waals surface area (Å²) in [6.07, 6.45) is 5.87. The average Bonchev–Trinajstić information content (AvgIpc) is 3.32. The summed E-state index contributed by atoms with van der Waals surface area (Å²) in [5.74, 6) is 2.42. The van der Waals surface area contributed by atoms with Crippen LogP contribution in [0.5, 0.6) is 0 Å². The van der Waals surface area contributed by atoms with Crippen molar-refractivity contribution in [1.82, 2.24) is 9.21 Å². The van der Waals surface area contributed by atoms with Crippen molar-refractivity contribution in [1.29, 1.82) is 0 Å². The van der Waals surface area contributed by atoms with Crippen LogP contribution < -0.4 is 0 Å². The van der Waals surface area contributed by atoms with Crippen LogP contribution in [0.25, 0.3) is 0 Å². The number of rotatable bonds is 4. The summed E-state index contributed by atoms with van der Waals surface area (Å²) in [5.41, 5.74) is 0. The fraction of sp³-hybridized carbons (Fsp3) is 0.706. The second kappa shape index (κ2) is 6.42. The van der Waals surface area contributed by atoms with Crippen molar-refractivity contribution in [3.05, 3.63) is 17.5 Å². The number of fused-ring (bicyclic) bond motifs is 2. The van der Waals surface area contributed by atoms with E-state index in [4.69, 9.17) is 0 Å². The fourth-order valence-electron chi connectivity index (χ4n) is 4.70. The third-order valence-corrected chi connectivity index (χ3v) is 9.27. The maximum absolute atomic E-state index is 12.6. The molecule has 1 aromatic heterocycles. The highest BCUT2D eigenvalue weighted by molar-refractivity contribution is 7.91. The molecule has 4 rings (SSSR count). The number of carbonyl (C=O) groups is 1. The van der Waals surface area contributed by atoms with E-state index in [2.05, 4.69) is 0 Å². The van der Waals surface area contributed by atoms with Crippen LogP contribution in [0.4, 0.5) is 0 Å². The molecule has 2 heterocycles. The maximum Gasteiger partial charge on any atom is 0.252 e. The molecule has 1 amide bonds. The number of sulfonamides is 1. The van der Waals surface area contributed by atoms with Gasteiger partial charge in [0.2, 0.25) is 5.91 Å². The van der Waals surface area contributed by atoms with Crippen molar-refractivity contribution in [2.45, 2.75) is 36.3 Å². The molecule has 2 aliphatic carbocycles. The molecule has 132 valence electrons. The molecule has 0 unspecified atom stereocenters. The summed E-state index contributed by atoms with van der Waals surface area (Å²) in [5, 5.41) is 1.78.